The summed E-state index contributed by atoms with van der Waals surface area (Å²) in [5, 5.41) is 0. The Labute approximate surface area is 160 Å². The molecule has 3 aromatic rings. The third-order valence-corrected chi connectivity index (χ3v) is 4.01. The van der Waals surface area contributed by atoms with Crippen molar-refractivity contribution in [3.63, 3.8) is 0 Å². The van der Waals surface area contributed by atoms with Crippen molar-refractivity contribution in [3.8, 4) is 0 Å². The van der Waals surface area contributed by atoms with Gasteiger partial charge in [0, 0.05) is 0 Å². The molecule has 0 aromatic heterocycles. The molecule has 0 amide bonds. The largest absolute Gasteiger partial charge is 0.207 e. The Kier molecular flexibility index (Phi) is 8.80. The second-order valence-electron chi connectivity index (χ2n) is 6.73. The highest BCUT2D eigenvalue weighted by Crippen LogP contribution is 2.13. The number of rotatable bonds is 0. The molecule has 0 heterocycles. The number of halogens is 3. The van der Waals surface area contributed by atoms with Crippen LogP contribution in [-0.2, 0) is 0 Å². The van der Waals surface area contributed by atoms with E-state index in [1.165, 1.54) is 31.0 Å². The lowest BCUT2D eigenvalue weighted by atomic mass is 10.1. The Hall–Kier alpha value is -2.55. The van der Waals surface area contributed by atoms with E-state index in [2.05, 4.69) is 38.1 Å². The van der Waals surface area contributed by atoms with E-state index in [0.717, 1.165) is 5.56 Å². The first kappa shape index (κ1) is 22.5. The van der Waals surface area contributed by atoms with E-state index in [0.29, 0.717) is 16.7 Å². The summed E-state index contributed by atoms with van der Waals surface area (Å²) in [6.45, 7) is 10.9. The van der Waals surface area contributed by atoms with Gasteiger partial charge in [0.25, 0.3) is 0 Å². The molecule has 0 aliphatic heterocycles. The van der Waals surface area contributed by atoms with Gasteiger partial charge in [0.1, 0.15) is 5.82 Å². The van der Waals surface area contributed by atoms with Gasteiger partial charge in [0.15, 0.2) is 11.6 Å². The lowest BCUT2D eigenvalue weighted by Crippen LogP contribution is -1.91. The van der Waals surface area contributed by atoms with Crippen LogP contribution in [0, 0.1) is 59.0 Å². The fourth-order valence-corrected chi connectivity index (χ4v) is 2.08. The van der Waals surface area contributed by atoms with E-state index in [9.17, 15) is 13.2 Å². The standard InChI is InChI=1S/C8H8F2.C8H9F.C8H10/c1-5-3-4-6(2)8(10)7(5)9;1-6-3-4-7(2)8(9)5-6;1-7-3-5-8(2)6-4-7/h3-4H,1-2H3;3-5H,1-2H3;3-6H,1-2H3. The summed E-state index contributed by atoms with van der Waals surface area (Å²) < 4.78 is 37.8. The predicted octanol–water partition coefficient (Wildman–Crippen LogP) is 7.33. The average molecular weight is 372 g/mol. The van der Waals surface area contributed by atoms with Crippen LogP contribution in [0.1, 0.15) is 33.4 Å². The lowest BCUT2D eigenvalue weighted by Gasteiger charge is -1.99. The minimum atomic E-state index is -0.736. The van der Waals surface area contributed by atoms with Crippen LogP contribution in [0.25, 0.3) is 0 Å². The third-order valence-electron chi connectivity index (χ3n) is 4.01. The van der Waals surface area contributed by atoms with Crippen LogP contribution in [-0.4, -0.2) is 0 Å². The molecule has 0 radical (unpaired) electrons. The van der Waals surface area contributed by atoms with Crippen molar-refractivity contribution < 1.29 is 13.2 Å². The summed E-state index contributed by atoms with van der Waals surface area (Å²) in [5.41, 5.74) is 5.04. The zero-order chi connectivity index (χ0) is 20.6. The van der Waals surface area contributed by atoms with E-state index in [1.54, 1.807) is 25.1 Å². The molecule has 0 fully saturated rings. The highest BCUT2D eigenvalue weighted by Gasteiger charge is 2.05. The number of hydrogen-bond acceptors (Lipinski definition) is 0. The van der Waals surface area contributed by atoms with Crippen molar-refractivity contribution in [2.75, 3.05) is 0 Å². The molecule has 144 valence electrons. The third kappa shape index (κ3) is 7.69. The second kappa shape index (κ2) is 10.6. The molecular weight excluding hydrogens is 345 g/mol. The molecule has 0 nitrogen and oxygen atoms in total. The Bertz CT molecular complexity index is 818. The average Bonchev–Trinajstić information content (AvgIpc) is 2.63. The van der Waals surface area contributed by atoms with Gasteiger partial charge in [-0.3, -0.25) is 0 Å². The normalized spacial score (nSPS) is 9.67. The molecule has 0 unspecified atom stereocenters. The van der Waals surface area contributed by atoms with Crippen LogP contribution in [0.4, 0.5) is 13.2 Å². The lowest BCUT2D eigenvalue weighted by molar-refractivity contribution is 0.497. The first-order valence-electron chi connectivity index (χ1n) is 8.79. The molecule has 0 atom stereocenters. The van der Waals surface area contributed by atoms with Crippen LogP contribution in [0.3, 0.4) is 0 Å². The number of aryl methyl sites for hydroxylation is 6. The van der Waals surface area contributed by atoms with Gasteiger partial charge in [-0.05, 0) is 69.9 Å². The zero-order valence-electron chi connectivity index (χ0n) is 16.8. The van der Waals surface area contributed by atoms with E-state index in [-0.39, 0.29) is 5.82 Å². The molecule has 3 aromatic carbocycles. The molecule has 27 heavy (non-hydrogen) atoms. The topological polar surface area (TPSA) is 0 Å². The number of benzene rings is 3. The maximum absolute atomic E-state index is 12.6. The van der Waals surface area contributed by atoms with Crippen molar-refractivity contribution in [2.45, 2.75) is 41.5 Å². The minimum absolute atomic E-state index is 0.116. The van der Waals surface area contributed by atoms with Gasteiger partial charge in [-0.25, -0.2) is 13.2 Å². The van der Waals surface area contributed by atoms with E-state index < -0.39 is 11.6 Å². The summed E-state index contributed by atoms with van der Waals surface area (Å²) >= 11 is 0. The predicted molar refractivity (Wildman–Crippen MR) is 108 cm³/mol. The summed E-state index contributed by atoms with van der Waals surface area (Å²) in [4.78, 5) is 0. The fourth-order valence-electron chi connectivity index (χ4n) is 2.08. The Balaban J connectivity index is 0.000000204. The summed E-state index contributed by atoms with van der Waals surface area (Å²) in [7, 11) is 0. The molecule has 3 rings (SSSR count). The summed E-state index contributed by atoms with van der Waals surface area (Å²) in [6, 6.07) is 16.8. The molecule has 0 bridgehead atoms. The molecular formula is C24H27F3. The monoisotopic (exact) mass is 372 g/mol. The van der Waals surface area contributed by atoms with Gasteiger partial charge >= 0.3 is 0 Å². The van der Waals surface area contributed by atoms with Crippen molar-refractivity contribution in [1.29, 1.82) is 0 Å². The van der Waals surface area contributed by atoms with Crippen molar-refractivity contribution >= 4 is 0 Å². The van der Waals surface area contributed by atoms with Crippen molar-refractivity contribution in [1.82, 2.24) is 0 Å². The van der Waals surface area contributed by atoms with Crippen LogP contribution in [0.2, 0.25) is 0 Å². The first-order valence-corrected chi connectivity index (χ1v) is 8.79. The quantitative estimate of drug-likeness (QED) is 0.387. The van der Waals surface area contributed by atoms with Gasteiger partial charge in [-0.1, -0.05) is 59.7 Å². The highest BCUT2D eigenvalue weighted by molar-refractivity contribution is 5.24. The maximum atomic E-state index is 12.6. The van der Waals surface area contributed by atoms with Crippen LogP contribution >= 0.6 is 0 Å². The molecule has 0 saturated heterocycles. The minimum Gasteiger partial charge on any atom is -0.207 e. The molecule has 0 aliphatic rings. The Morgan fingerprint density at radius 3 is 1.11 bits per heavy atom. The molecule has 0 N–H and O–H groups in total. The van der Waals surface area contributed by atoms with Crippen LogP contribution in [0.15, 0.2) is 54.6 Å². The summed E-state index contributed by atoms with van der Waals surface area (Å²) in [5.74, 6) is -1.59. The molecule has 0 spiro atoms. The van der Waals surface area contributed by atoms with Crippen LogP contribution < -0.4 is 0 Å². The molecule has 0 saturated carbocycles. The molecule has 3 heteroatoms. The molecule has 0 aliphatic carbocycles. The smallest absolute Gasteiger partial charge is 0.161 e. The Morgan fingerprint density at radius 1 is 0.444 bits per heavy atom. The van der Waals surface area contributed by atoms with Gasteiger partial charge in [-0.15, -0.1) is 0 Å². The van der Waals surface area contributed by atoms with Crippen molar-refractivity contribution in [3.05, 3.63) is 105 Å². The van der Waals surface area contributed by atoms with Crippen molar-refractivity contribution in [2.24, 2.45) is 0 Å². The van der Waals surface area contributed by atoms with Gasteiger partial charge < -0.3 is 0 Å². The highest BCUT2D eigenvalue weighted by atomic mass is 19.2. The van der Waals surface area contributed by atoms with E-state index in [4.69, 9.17) is 0 Å². The van der Waals surface area contributed by atoms with Gasteiger partial charge in [-0.2, -0.15) is 0 Å². The number of hydrogen-bond donors (Lipinski definition) is 0. The van der Waals surface area contributed by atoms with E-state index in [1.807, 2.05) is 13.0 Å². The first-order chi connectivity index (χ1) is 12.6. The van der Waals surface area contributed by atoms with Crippen LogP contribution in [0.5, 0.6) is 0 Å². The second-order valence-corrected chi connectivity index (χ2v) is 6.73. The summed E-state index contributed by atoms with van der Waals surface area (Å²) in [6.07, 6.45) is 0. The Morgan fingerprint density at radius 2 is 0.778 bits per heavy atom. The zero-order valence-corrected chi connectivity index (χ0v) is 16.8. The van der Waals surface area contributed by atoms with E-state index >= 15 is 0 Å². The fraction of sp³-hybridized carbons (Fsp3) is 0.250. The SMILES string of the molecule is Cc1ccc(C)c(F)c1.Cc1ccc(C)c(F)c1F.Cc1ccc(C)cc1. The maximum Gasteiger partial charge on any atom is 0.161 e. The van der Waals surface area contributed by atoms with Gasteiger partial charge in [0.05, 0.1) is 0 Å². The van der Waals surface area contributed by atoms with Gasteiger partial charge in [0.2, 0.25) is 0 Å².